The molecule has 0 amide bonds. The second-order valence-corrected chi connectivity index (χ2v) is 7.33. The molecule has 0 bridgehead atoms. The van der Waals surface area contributed by atoms with Crippen LogP contribution in [0.3, 0.4) is 0 Å². The summed E-state index contributed by atoms with van der Waals surface area (Å²) in [6.07, 6.45) is 0.720. The fraction of sp³-hybridized carbons (Fsp3) is 0.450. The number of nitrogens with one attached hydrogen (secondary N) is 1. The fourth-order valence-electron chi connectivity index (χ4n) is 3.07. The molecule has 2 heterocycles. The molecule has 7 nitrogen and oxygen atoms in total. The topological polar surface area (TPSA) is 85.0 Å². The number of imidazole rings is 1. The van der Waals surface area contributed by atoms with Crippen LogP contribution in [0.5, 0.6) is 0 Å². The van der Waals surface area contributed by atoms with E-state index in [4.69, 9.17) is 0 Å². The quantitative estimate of drug-likeness (QED) is 0.626. The second kappa shape index (κ2) is 7.92. The molecule has 0 saturated heterocycles. The number of anilines is 1. The SMILES string of the molecule is Cc1nc2nc(NC(O)CCC(C)C)n(C)c(=O)c2n1Cc1ccccc1. The van der Waals surface area contributed by atoms with Crippen LogP contribution in [0.2, 0.25) is 0 Å². The van der Waals surface area contributed by atoms with Gasteiger partial charge >= 0.3 is 0 Å². The number of benzene rings is 1. The van der Waals surface area contributed by atoms with Crippen molar-refractivity contribution in [3.8, 4) is 0 Å². The van der Waals surface area contributed by atoms with E-state index in [2.05, 4.69) is 29.1 Å². The van der Waals surface area contributed by atoms with Gasteiger partial charge < -0.3 is 15.0 Å². The summed E-state index contributed by atoms with van der Waals surface area (Å²) in [4.78, 5) is 21.9. The van der Waals surface area contributed by atoms with Crippen LogP contribution in [-0.4, -0.2) is 30.4 Å². The summed E-state index contributed by atoms with van der Waals surface area (Å²) in [5.41, 5.74) is 1.77. The van der Waals surface area contributed by atoms with E-state index in [9.17, 15) is 9.90 Å². The molecule has 1 atom stereocenters. The van der Waals surface area contributed by atoms with Crippen molar-refractivity contribution in [1.82, 2.24) is 19.1 Å². The van der Waals surface area contributed by atoms with Crippen LogP contribution < -0.4 is 10.9 Å². The summed E-state index contributed by atoms with van der Waals surface area (Å²) in [7, 11) is 1.65. The number of aliphatic hydroxyl groups is 1. The zero-order valence-electron chi connectivity index (χ0n) is 16.3. The van der Waals surface area contributed by atoms with Gasteiger partial charge in [-0.1, -0.05) is 44.2 Å². The van der Waals surface area contributed by atoms with Crippen LogP contribution in [0.1, 0.15) is 38.1 Å². The second-order valence-electron chi connectivity index (χ2n) is 7.33. The molecule has 3 aromatic rings. The number of aliphatic hydroxyl groups excluding tert-OH is 1. The predicted octanol–water partition coefficient (Wildman–Crippen LogP) is 2.65. The molecule has 7 heteroatoms. The van der Waals surface area contributed by atoms with Gasteiger partial charge in [0, 0.05) is 13.6 Å². The molecule has 2 N–H and O–H groups in total. The number of hydrogen-bond donors (Lipinski definition) is 2. The summed E-state index contributed by atoms with van der Waals surface area (Å²) in [6, 6.07) is 9.95. The average Bonchev–Trinajstić information content (AvgIpc) is 2.94. The summed E-state index contributed by atoms with van der Waals surface area (Å²) in [6.45, 7) is 6.64. The van der Waals surface area contributed by atoms with Gasteiger partial charge in [0.25, 0.3) is 5.56 Å². The fourth-order valence-corrected chi connectivity index (χ4v) is 3.07. The molecule has 0 aliphatic rings. The number of nitrogens with zero attached hydrogens (tertiary/aromatic N) is 4. The van der Waals surface area contributed by atoms with Crippen LogP contribution in [-0.2, 0) is 13.6 Å². The van der Waals surface area contributed by atoms with Crippen molar-refractivity contribution in [2.75, 3.05) is 5.32 Å². The maximum Gasteiger partial charge on any atom is 0.280 e. The molecule has 1 unspecified atom stereocenters. The Morgan fingerprint density at radius 2 is 1.85 bits per heavy atom. The van der Waals surface area contributed by atoms with Crippen LogP contribution in [0.4, 0.5) is 5.95 Å². The van der Waals surface area contributed by atoms with Crippen LogP contribution in [0.25, 0.3) is 11.2 Å². The smallest absolute Gasteiger partial charge is 0.280 e. The lowest BCUT2D eigenvalue weighted by atomic mass is 10.1. The average molecular weight is 369 g/mol. The van der Waals surface area contributed by atoms with Crippen molar-refractivity contribution >= 4 is 17.1 Å². The van der Waals surface area contributed by atoms with E-state index in [1.54, 1.807) is 7.05 Å². The van der Waals surface area contributed by atoms with Crippen molar-refractivity contribution in [1.29, 1.82) is 0 Å². The van der Waals surface area contributed by atoms with Crippen molar-refractivity contribution in [2.45, 2.75) is 46.4 Å². The highest BCUT2D eigenvalue weighted by atomic mass is 16.3. The number of fused-ring (bicyclic) bond motifs is 1. The van der Waals surface area contributed by atoms with Gasteiger partial charge in [-0.05, 0) is 31.2 Å². The highest BCUT2D eigenvalue weighted by Gasteiger charge is 2.18. The first-order chi connectivity index (χ1) is 12.9. The molecule has 2 aromatic heterocycles. The number of aromatic nitrogens is 4. The van der Waals surface area contributed by atoms with Gasteiger partial charge in [-0.15, -0.1) is 0 Å². The molecule has 0 spiro atoms. The van der Waals surface area contributed by atoms with E-state index in [-0.39, 0.29) is 5.56 Å². The summed E-state index contributed by atoms with van der Waals surface area (Å²) < 4.78 is 3.32. The third kappa shape index (κ3) is 4.19. The molecule has 27 heavy (non-hydrogen) atoms. The lowest BCUT2D eigenvalue weighted by Gasteiger charge is -2.16. The summed E-state index contributed by atoms with van der Waals surface area (Å²) in [5, 5.41) is 13.1. The minimum absolute atomic E-state index is 0.185. The molecule has 0 aliphatic carbocycles. The van der Waals surface area contributed by atoms with E-state index in [1.807, 2.05) is 41.8 Å². The van der Waals surface area contributed by atoms with E-state index in [1.165, 1.54) is 4.57 Å². The number of hydrogen-bond acceptors (Lipinski definition) is 5. The van der Waals surface area contributed by atoms with Gasteiger partial charge in [0.2, 0.25) is 5.95 Å². The molecular weight excluding hydrogens is 342 g/mol. The third-order valence-electron chi connectivity index (χ3n) is 4.67. The zero-order chi connectivity index (χ0) is 19.6. The minimum atomic E-state index is -0.754. The van der Waals surface area contributed by atoms with Crippen molar-refractivity contribution in [3.63, 3.8) is 0 Å². The highest BCUT2D eigenvalue weighted by molar-refractivity contribution is 5.72. The lowest BCUT2D eigenvalue weighted by Crippen LogP contribution is -2.28. The number of aryl methyl sites for hydroxylation is 1. The molecule has 0 aliphatic heterocycles. The Labute approximate surface area is 158 Å². The largest absolute Gasteiger partial charge is 0.374 e. The maximum absolute atomic E-state index is 13.0. The van der Waals surface area contributed by atoms with Crippen LogP contribution in [0, 0.1) is 12.8 Å². The Morgan fingerprint density at radius 1 is 1.15 bits per heavy atom. The summed E-state index contributed by atoms with van der Waals surface area (Å²) in [5.74, 6) is 1.56. The third-order valence-corrected chi connectivity index (χ3v) is 4.67. The first-order valence-electron chi connectivity index (χ1n) is 9.29. The van der Waals surface area contributed by atoms with Crippen LogP contribution in [0.15, 0.2) is 35.1 Å². The van der Waals surface area contributed by atoms with Crippen molar-refractivity contribution in [3.05, 3.63) is 52.1 Å². The standard InChI is InChI=1S/C20H27N5O2/c1-13(2)10-11-16(26)22-20-23-18-17(19(27)24(20)4)25(14(3)21-18)12-15-8-6-5-7-9-15/h5-9,13,16,26H,10-12H2,1-4H3,(H,22,23). The van der Waals surface area contributed by atoms with Gasteiger partial charge in [-0.2, -0.15) is 4.98 Å². The first kappa shape index (κ1) is 19.1. The van der Waals surface area contributed by atoms with Crippen molar-refractivity contribution < 1.29 is 5.11 Å². The first-order valence-corrected chi connectivity index (χ1v) is 9.29. The molecule has 0 radical (unpaired) electrons. The van der Waals surface area contributed by atoms with Gasteiger partial charge in [-0.3, -0.25) is 9.36 Å². The zero-order valence-corrected chi connectivity index (χ0v) is 16.3. The molecule has 144 valence electrons. The van der Waals surface area contributed by atoms with E-state index < -0.39 is 6.23 Å². The molecule has 1 aromatic carbocycles. The van der Waals surface area contributed by atoms with Crippen LogP contribution >= 0.6 is 0 Å². The lowest BCUT2D eigenvalue weighted by molar-refractivity contribution is 0.183. The van der Waals surface area contributed by atoms with Gasteiger partial charge in [-0.25, -0.2) is 4.98 Å². The van der Waals surface area contributed by atoms with E-state index in [0.717, 1.165) is 17.8 Å². The Bertz CT molecular complexity index is 975. The Kier molecular flexibility index (Phi) is 5.60. The van der Waals surface area contributed by atoms with Gasteiger partial charge in [0.15, 0.2) is 11.2 Å². The summed E-state index contributed by atoms with van der Waals surface area (Å²) >= 11 is 0. The van der Waals surface area contributed by atoms with Gasteiger partial charge in [0.05, 0.1) is 0 Å². The normalized spacial score (nSPS) is 12.7. The Morgan fingerprint density at radius 3 is 2.52 bits per heavy atom. The predicted molar refractivity (Wildman–Crippen MR) is 107 cm³/mol. The van der Waals surface area contributed by atoms with Gasteiger partial charge in [0.1, 0.15) is 12.1 Å². The molecule has 0 saturated carbocycles. The highest BCUT2D eigenvalue weighted by Crippen LogP contribution is 2.16. The van der Waals surface area contributed by atoms with Crippen molar-refractivity contribution in [2.24, 2.45) is 13.0 Å². The Hall–Kier alpha value is -2.67. The monoisotopic (exact) mass is 369 g/mol. The molecular formula is C20H27N5O2. The molecule has 0 fully saturated rings. The minimum Gasteiger partial charge on any atom is -0.374 e. The Balaban J connectivity index is 1.95. The number of rotatable bonds is 7. The molecule has 3 rings (SSSR count). The maximum atomic E-state index is 13.0. The van der Waals surface area contributed by atoms with E-state index >= 15 is 0 Å². The van der Waals surface area contributed by atoms with E-state index in [0.29, 0.717) is 36.0 Å².